The third kappa shape index (κ3) is 5.26. The first-order valence-corrected chi connectivity index (χ1v) is 12.4. The van der Waals surface area contributed by atoms with Gasteiger partial charge in [0.2, 0.25) is 5.91 Å². The molecule has 0 saturated carbocycles. The zero-order valence-electron chi connectivity index (χ0n) is 20.9. The minimum absolute atomic E-state index is 0.0133. The largest absolute Gasteiger partial charge is 0.493 e. The van der Waals surface area contributed by atoms with Gasteiger partial charge in [-0.15, -0.1) is 0 Å². The number of ketones is 1. The van der Waals surface area contributed by atoms with E-state index in [0.717, 1.165) is 19.3 Å². The van der Waals surface area contributed by atoms with Crippen molar-refractivity contribution in [2.24, 2.45) is 5.41 Å². The van der Waals surface area contributed by atoms with Gasteiger partial charge in [-0.25, -0.2) is 0 Å². The molecule has 2 fully saturated rings. The predicted octanol–water partition coefficient (Wildman–Crippen LogP) is 4.73. The molecular weight excluding hydrogens is 480 g/mol. The smallest absolute Gasteiger partial charge is 0.253 e. The van der Waals surface area contributed by atoms with Gasteiger partial charge in [0.25, 0.3) is 5.91 Å². The van der Waals surface area contributed by atoms with Crippen LogP contribution in [0.2, 0.25) is 5.02 Å². The Kier molecular flexibility index (Phi) is 7.69. The summed E-state index contributed by atoms with van der Waals surface area (Å²) in [5.74, 6) is 0.883. The van der Waals surface area contributed by atoms with Crippen molar-refractivity contribution >= 4 is 35.3 Å². The molecule has 0 radical (unpaired) electrons. The maximum absolute atomic E-state index is 12.9. The second-order valence-corrected chi connectivity index (χ2v) is 9.85. The summed E-state index contributed by atoms with van der Waals surface area (Å²) in [7, 11) is 3.07. The van der Waals surface area contributed by atoms with E-state index in [9.17, 15) is 14.4 Å². The Morgan fingerprint density at radius 1 is 0.889 bits per heavy atom. The van der Waals surface area contributed by atoms with Gasteiger partial charge >= 0.3 is 0 Å². The van der Waals surface area contributed by atoms with Gasteiger partial charge in [-0.05, 0) is 67.5 Å². The Labute approximate surface area is 216 Å². The molecule has 0 unspecified atom stereocenters. The van der Waals surface area contributed by atoms with E-state index in [0.29, 0.717) is 59.4 Å². The lowest BCUT2D eigenvalue weighted by atomic mass is 9.77. The van der Waals surface area contributed by atoms with E-state index in [1.807, 2.05) is 9.80 Å². The number of methoxy groups -OCH3 is 2. The van der Waals surface area contributed by atoms with Crippen molar-refractivity contribution in [3.8, 4) is 11.5 Å². The molecule has 0 N–H and O–H groups in total. The molecule has 2 aromatic rings. The number of ether oxygens (including phenoxy) is 2. The van der Waals surface area contributed by atoms with Crippen LogP contribution in [-0.2, 0) is 4.79 Å². The van der Waals surface area contributed by atoms with Gasteiger partial charge in [-0.1, -0.05) is 23.7 Å². The fourth-order valence-corrected chi connectivity index (χ4v) is 5.34. The fraction of sp³-hybridized carbons (Fsp3) is 0.393. The summed E-state index contributed by atoms with van der Waals surface area (Å²) < 4.78 is 10.6. The van der Waals surface area contributed by atoms with Gasteiger partial charge in [-0.3, -0.25) is 14.4 Å². The zero-order chi connectivity index (χ0) is 25.9. The van der Waals surface area contributed by atoms with Crippen LogP contribution in [0.25, 0.3) is 6.08 Å². The van der Waals surface area contributed by atoms with Crippen LogP contribution in [0.5, 0.6) is 11.5 Å². The van der Waals surface area contributed by atoms with Crippen molar-refractivity contribution in [3.05, 3.63) is 64.2 Å². The summed E-state index contributed by atoms with van der Waals surface area (Å²) in [5, 5.41) is 0.395. The van der Waals surface area contributed by atoms with E-state index in [-0.39, 0.29) is 23.0 Å². The van der Waals surface area contributed by atoms with Crippen LogP contribution in [-0.4, -0.2) is 67.8 Å². The van der Waals surface area contributed by atoms with Crippen LogP contribution >= 0.6 is 11.6 Å². The lowest BCUT2D eigenvalue weighted by Crippen LogP contribution is -2.44. The molecule has 36 heavy (non-hydrogen) atoms. The van der Waals surface area contributed by atoms with Crippen molar-refractivity contribution in [2.75, 3.05) is 40.4 Å². The van der Waals surface area contributed by atoms with Crippen molar-refractivity contribution in [1.82, 2.24) is 9.80 Å². The van der Waals surface area contributed by atoms with Gasteiger partial charge in [0, 0.05) is 43.4 Å². The number of rotatable bonds is 6. The summed E-state index contributed by atoms with van der Waals surface area (Å²) in [6.45, 7) is 4.21. The quantitative estimate of drug-likeness (QED) is 0.415. The first kappa shape index (κ1) is 25.8. The van der Waals surface area contributed by atoms with Crippen LogP contribution in [0.1, 0.15) is 52.5 Å². The number of carbonyl (C=O) groups is 3. The van der Waals surface area contributed by atoms with Crippen LogP contribution in [0, 0.1) is 5.41 Å². The van der Waals surface area contributed by atoms with E-state index in [4.69, 9.17) is 21.1 Å². The van der Waals surface area contributed by atoms with Gasteiger partial charge in [0.1, 0.15) is 0 Å². The first-order valence-electron chi connectivity index (χ1n) is 12.0. The number of Topliss-reactive ketones (excluding diaryl/α,β-unsaturated/α-hetero) is 1. The van der Waals surface area contributed by atoms with Gasteiger partial charge < -0.3 is 19.3 Å². The van der Waals surface area contributed by atoms with E-state index in [1.165, 1.54) is 14.0 Å². The molecule has 4 rings (SSSR count). The second-order valence-electron chi connectivity index (χ2n) is 9.47. The van der Waals surface area contributed by atoms with Crippen LogP contribution in [0.15, 0.2) is 42.5 Å². The van der Waals surface area contributed by atoms with E-state index in [1.54, 1.807) is 55.7 Å². The minimum Gasteiger partial charge on any atom is -0.493 e. The molecular formula is C28H31ClN2O5. The molecule has 0 aromatic heterocycles. The Morgan fingerprint density at radius 2 is 1.50 bits per heavy atom. The van der Waals surface area contributed by atoms with Crippen molar-refractivity contribution in [2.45, 2.75) is 26.2 Å². The number of hydrogen-bond acceptors (Lipinski definition) is 5. The highest BCUT2D eigenvalue weighted by Crippen LogP contribution is 2.41. The number of halogens is 1. The highest BCUT2D eigenvalue weighted by molar-refractivity contribution is 6.33. The summed E-state index contributed by atoms with van der Waals surface area (Å²) >= 11 is 6.43. The Hall–Kier alpha value is -3.32. The minimum atomic E-state index is -0.0539. The van der Waals surface area contributed by atoms with E-state index in [2.05, 4.69) is 0 Å². The molecule has 0 bridgehead atoms. The number of benzene rings is 2. The molecule has 2 heterocycles. The van der Waals surface area contributed by atoms with E-state index >= 15 is 0 Å². The monoisotopic (exact) mass is 510 g/mol. The fourth-order valence-electron chi connectivity index (χ4n) is 5.05. The molecule has 0 aliphatic carbocycles. The van der Waals surface area contributed by atoms with Gasteiger partial charge in [0.05, 0.1) is 19.2 Å². The van der Waals surface area contributed by atoms with Gasteiger partial charge in [0.15, 0.2) is 17.3 Å². The van der Waals surface area contributed by atoms with Crippen molar-refractivity contribution in [1.29, 1.82) is 0 Å². The first-order chi connectivity index (χ1) is 17.3. The van der Waals surface area contributed by atoms with E-state index < -0.39 is 0 Å². The van der Waals surface area contributed by atoms with Crippen LogP contribution in [0.4, 0.5) is 0 Å². The topological polar surface area (TPSA) is 76.2 Å². The lowest BCUT2D eigenvalue weighted by Gasteiger charge is -2.39. The van der Waals surface area contributed by atoms with Crippen molar-refractivity contribution < 1.29 is 23.9 Å². The SMILES string of the molecule is COc1ccc(C=CC(=O)N2CCC3(CCN(C(=O)c4ccc(C(C)=O)cc4)CC3)C2)c(Cl)c1OC. The normalized spacial score (nSPS) is 17.0. The molecule has 7 nitrogen and oxygen atoms in total. The third-order valence-corrected chi connectivity index (χ3v) is 7.71. The Bertz CT molecular complexity index is 1180. The van der Waals surface area contributed by atoms with Crippen LogP contribution in [0.3, 0.4) is 0 Å². The molecule has 8 heteroatoms. The maximum atomic E-state index is 12.9. The summed E-state index contributed by atoms with van der Waals surface area (Å²) in [4.78, 5) is 41.1. The molecule has 2 aliphatic heterocycles. The summed E-state index contributed by atoms with van der Waals surface area (Å²) in [5.41, 5.74) is 1.92. The number of carbonyl (C=O) groups excluding carboxylic acids is 3. The molecule has 2 amide bonds. The third-order valence-electron chi connectivity index (χ3n) is 7.32. The Balaban J connectivity index is 1.34. The molecule has 2 aliphatic rings. The molecule has 190 valence electrons. The van der Waals surface area contributed by atoms with Gasteiger partial charge in [-0.2, -0.15) is 0 Å². The maximum Gasteiger partial charge on any atom is 0.253 e. The standard InChI is InChI=1S/C28H31ClN2O5/c1-19(32)20-4-6-22(7-5-20)27(34)30-15-12-28(13-16-30)14-17-31(18-28)24(33)11-9-21-8-10-23(35-2)26(36-3)25(21)29/h4-11H,12-18H2,1-3H3. The second kappa shape index (κ2) is 10.7. The summed E-state index contributed by atoms with van der Waals surface area (Å²) in [6, 6.07) is 10.4. The lowest BCUT2D eigenvalue weighted by molar-refractivity contribution is -0.125. The average Bonchev–Trinajstić information content (AvgIpc) is 3.31. The molecule has 0 atom stereocenters. The molecule has 2 aromatic carbocycles. The average molecular weight is 511 g/mol. The zero-order valence-corrected chi connectivity index (χ0v) is 21.6. The predicted molar refractivity (Wildman–Crippen MR) is 139 cm³/mol. The van der Waals surface area contributed by atoms with Crippen molar-refractivity contribution in [3.63, 3.8) is 0 Å². The number of nitrogens with zero attached hydrogens (tertiary/aromatic N) is 2. The highest BCUT2D eigenvalue weighted by atomic mass is 35.5. The highest BCUT2D eigenvalue weighted by Gasteiger charge is 2.42. The number of likely N-dealkylation sites (tertiary alicyclic amines) is 2. The molecule has 1 spiro atoms. The molecule has 2 saturated heterocycles. The summed E-state index contributed by atoms with van der Waals surface area (Å²) in [6.07, 6.45) is 5.91. The van der Waals surface area contributed by atoms with Crippen LogP contribution < -0.4 is 9.47 Å². The number of hydrogen-bond donors (Lipinski definition) is 0. The Morgan fingerprint density at radius 3 is 2.08 bits per heavy atom. The number of amides is 2. The number of piperidine rings is 1.